The van der Waals surface area contributed by atoms with Crippen molar-refractivity contribution in [3.8, 4) is 0 Å². The van der Waals surface area contributed by atoms with E-state index in [4.69, 9.17) is 4.74 Å². The Bertz CT molecular complexity index is 872. The third-order valence-electron chi connectivity index (χ3n) is 4.32. The highest BCUT2D eigenvalue weighted by Gasteiger charge is 2.27. The molecule has 7 nitrogen and oxygen atoms in total. The highest BCUT2D eigenvalue weighted by atomic mass is 16.5. The molecule has 1 amide bonds. The van der Waals surface area contributed by atoms with Crippen molar-refractivity contribution >= 4 is 17.4 Å². The summed E-state index contributed by atoms with van der Waals surface area (Å²) < 4.78 is 7.45. The molecule has 7 heteroatoms. The number of aromatic amines is 1. The number of hydrogen-bond acceptors (Lipinski definition) is 4. The molecule has 1 aliphatic rings. The fraction of sp³-hybridized carbons (Fsp3) is 0.278. The van der Waals surface area contributed by atoms with Gasteiger partial charge in [0.1, 0.15) is 0 Å². The van der Waals surface area contributed by atoms with Gasteiger partial charge in [-0.3, -0.25) is 14.7 Å². The Hall–Kier alpha value is -2.93. The summed E-state index contributed by atoms with van der Waals surface area (Å²) in [5.41, 5.74) is 2.44. The number of nitrogens with zero attached hydrogens (tertiary/aromatic N) is 3. The van der Waals surface area contributed by atoms with Gasteiger partial charge in [0, 0.05) is 18.9 Å². The van der Waals surface area contributed by atoms with Crippen LogP contribution in [0.4, 0.5) is 5.95 Å². The summed E-state index contributed by atoms with van der Waals surface area (Å²) in [5, 5.41) is 2.97. The number of aromatic nitrogens is 3. The molecule has 0 aromatic carbocycles. The van der Waals surface area contributed by atoms with Gasteiger partial charge < -0.3 is 10.1 Å². The van der Waals surface area contributed by atoms with Gasteiger partial charge in [0.05, 0.1) is 32.5 Å². The van der Waals surface area contributed by atoms with Gasteiger partial charge in [0.15, 0.2) is 5.52 Å². The number of morpholine rings is 1. The van der Waals surface area contributed by atoms with E-state index >= 15 is 0 Å². The number of anilines is 1. The Kier molecular flexibility index (Phi) is 4.30. The maximum absolute atomic E-state index is 12.7. The zero-order chi connectivity index (χ0) is 17.1. The fourth-order valence-corrected chi connectivity index (χ4v) is 3.02. The Labute approximate surface area is 145 Å². The Morgan fingerprint density at radius 3 is 2.84 bits per heavy atom. The van der Waals surface area contributed by atoms with Gasteiger partial charge in [-0.1, -0.05) is 6.07 Å². The van der Waals surface area contributed by atoms with Crippen molar-refractivity contribution in [1.29, 1.82) is 0 Å². The van der Waals surface area contributed by atoms with Crippen molar-refractivity contribution in [3.05, 3.63) is 60.2 Å². The second-order valence-corrected chi connectivity index (χ2v) is 5.92. The van der Waals surface area contributed by atoms with Crippen molar-refractivity contribution in [1.82, 2.24) is 15.3 Å². The molecule has 4 rings (SSSR count). The summed E-state index contributed by atoms with van der Waals surface area (Å²) in [7, 11) is 0. The third kappa shape index (κ3) is 3.18. The monoisotopic (exact) mass is 338 g/mol. The molecular weight excluding hydrogens is 318 g/mol. The van der Waals surface area contributed by atoms with Gasteiger partial charge in [-0.05, 0) is 29.8 Å². The number of pyridine rings is 2. The first kappa shape index (κ1) is 15.6. The average Bonchev–Trinajstić information content (AvgIpc) is 3.07. The van der Waals surface area contributed by atoms with E-state index in [9.17, 15) is 4.79 Å². The Morgan fingerprint density at radius 1 is 1.24 bits per heavy atom. The molecule has 0 unspecified atom stereocenters. The largest absolute Gasteiger partial charge is 0.375 e. The van der Waals surface area contributed by atoms with Gasteiger partial charge >= 0.3 is 5.95 Å². The molecule has 0 bridgehead atoms. The van der Waals surface area contributed by atoms with E-state index in [1.54, 1.807) is 12.4 Å². The smallest absolute Gasteiger partial charge is 0.363 e. The number of amides is 1. The first-order valence-electron chi connectivity index (χ1n) is 8.35. The van der Waals surface area contributed by atoms with Gasteiger partial charge in [0.2, 0.25) is 5.69 Å². The summed E-state index contributed by atoms with van der Waals surface area (Å²) in [6, 6.07) is 9.62. The second-order valence-electron chi connectivity index (χ2n) is 5.92. The van der Waals surface area contributed by atoms with E-state index < -0.39 is 0 Å². The summed E-state index contributed by atoms with van der Waals surface area (Å²) >= 11 is 0. The van der Waals surface area contributed by atoms with Gasteiger partial charge in [0.25, 0.3) is 5.91 Å². The Morgan fingerprint density at radius 2 is 2.04 bits per heavy atom. The van der Waals surface area contributed by atoms with Crippen LogP contribution in [0, 0.1) is 0 Å². The number of rotatable bonds is 4. The van der Waals surface area contributed by atoms with Crippen molar-refractivity contribution < 1.29 is 13.9 Å². The van der Waals surface area contributed by atoms with Crippen LogP contribution in [0.3, 0.4) is 0 Å². The van der Waals surface area contributed by atoms with Crippen LogP contribution in [0.2, 0.25) is 0 Å². The quantitative estimate of drug-likeness (QED) is 0.694. The number of ether oxygens (including phenoxy) is 1. The van der Waals surface area contributed by atoms with Crippen LogP contribution < -0.4 is 14.6 Å². The number of hydrogen-bond donors (Lipinski definition) is 2. The zero-order valence-electron chi connectivity index (χ0n) is 13.8. The minimum absolute atomic E-state index is 0.125. The van der Waals surface area contributed by atoms with Gasteiger partial charge in [-0.2, -0.15) is 0 Å². The SMILES string of the molecule is O=C(NCc1ccncc1)c1[nH]c(N2CCOCC2)[n+]2ccccc12. The molecule has 0 radical (unpaired) electrons. The van der Waals surface area contributed by atoms with Crippen LogP contribution in [-0.2, 0) is 11.3 Å². The van der Waals surface area contributed by atoms with E-state index in [-0.39, 0.29) is 5.91 Å². The molecule has 4 heterocycles. The third-order valence-corrected chi connectivity index (χ3v) is 4.32. The maximum atomic E-state index is 12.7. The summed E-state index contributed by atoms with van der Waals surface area (Å²) in [6.45, 7) is 3.45. The average molecular weight is 338 g/mol. The van der Waals surface area contributed by atoms with E-state index in [0.29, 0.717) is 25.5 Å². The predicted molar refractivity (Wildman–Crippen MR) is 92.4 cm³/mol. The van der Waals surface area contributed by atoms with Crippen molar-refractivity contribution in [2.24, 2.45) is 0 Å². The van der Waals surface area contributed by atoms with Crippen molar-refractivity contribution in [2.75, 3.05) is 31.2 Å². The molecule has 1 saturated heterocycles. The lowest BCUT2D eigenvalue weighted by atomic mass is 10.2. The molecule has 3 aromatic rings. The van der Waals surface area contributed by atoms with Crippen LogP contribution in [0.25, 0.3) is 5.52 Å². The van der Waals surface area contributed by atoms with Gasteiger partial charge in [-0.25, -0.2) is 9.38 Å². The number of carbonyl (C=O) groups is 1. The zero-order valence-corrected chi connectivity index (χ0v) is 13.8. The van der Waals surface area contributed by atoms with Crippen LogP contribution in [0.15, 0.2) is 48.9 Å². The number of H-pyrrole nitrogens is 1. The number of fused-ring (bicyclic) bond motifs is 1. The molecule has 128 valence electrons. The minimum atomic E-state index is -0.125. The van der Waals surface area contributed by atoms with E-state index in [0.717, 1.165) is 30.1 Å². The van der Waals surface area contributed by atoms with Crippen LogP contribution in [0.1, 0.15) is 16.1 Å². The summed E-state index contributed by atoms with van der Waals surface area (Å²) in [6.07, 6.45) is 5.41. The molecule has 1 fully saturated rings. The standard InChI is InChI=1S/C18H19N5O2/c24-17(20-13-14-4-6-19-7-5-14)16-15-3-1-2-8-23(15)18(21-16)22-9-11-25-12-10-22/h1-8H,9-13H2,(H,20,24)/p+1. The predicted octanol–water partition coefficient (Wildman–Crippen LogP) is 0.915. The molecule has 0 aliphatic carbocycles. The number of imidazole rings is 1. The fourth-order valence-electron chi connectivity index (χ4n) is 3.02. The number of carbonyl (C=O) groups excluding carboxylic acids is 1. The van der Waals surface area contributed by atoms with Crippen LogP contribution in [0.5, 0.6) is 0 Å². The van der Waals surface area contributed by atoms with Crippen molar-refractivity contribution in [3.63, 3.8) is 0 Å². The first-order chi connectivity index (χ1) is 12.3. The second kappa shape index (κ2) is 6.90. The van der Waals surface area contributed by atoms with Crippen LogP contribution >= 0.6 is 0 Å². The Balaban J connectivity index is 1.61. The normalized spacial score (nSPS) is 14.6. The molecule has 25 heavy (non-hydrogen) atoms. The molecular formula is C18H20N5O2+. The number of nitrogens with one attached hydrogen (secondary N) is 2. The van der Waals surface area contributed by atoms with E-state index in [1.807, 2.05) is 40.9 Å². The lowest BCUT2D eigenvalue weighted by Gasteiger charge is -2.21. The lowest BCUT2D eigenvalue weighted by Crippen LogP contribution is -2.41. The summed E-state index contributed by atoms with van der Waals surface area (Å²) in [4.78, 5) is 22.2. The molecule has 1 aliphatic heterocycles. The van der Waals surface area contributed by atoms with E-state index in [2.05, 4.69) is 20.2 Å². The maximum Gasteiger partial charge on any atom is 0.363 e. The molecule has 0 spiro atoms. The molecule has 2 N–H and O–H groups in total. The first-order valence-corrected chi connectivity index (χ1v) is 8.35. The van der Waals surface area contributed by atoms with Gasteiger partial charge in [-0.15, -0.1) is 0 Å². The highest BCUT2D eigenvalue weighted by Crippen LogP contribution is 2.15. The van der Waals surface area contributed by atoms with Crippen LogP contribution in [-0.4, -0.2) is 42.2 Å². The lowest BCUT2D eigenvalue weighted by molar-refractivity contribution is -0.497. The molecule has 0 atom stereocenters. The topological polar surface area (TPSA) is 74.3 Å². The minimum Gasteiger partial charge on any atom is -0.375 e. The highest BCUT2D eigenvalue weighted by molar-refractivity contribution is 5.98. The molecule has 3 aromatic heterocycles. The van der Waals surface area contributed by atoms with E-state index in [1.165, 1.54) is 0 Å². The molecule has 0 saturated carbocycles. The van der Waals surface area contributed by atoms with Crippen molar-refractivity contribution in [2.45, 2.75) is 6.54 Å². The summed E-state index contributed by atoms with van der Waals surface area (Å²) in [5.74, 6) is 0.785.